The molecule has 1 heterocycles. The van der Waals surface area contributed by atoms with E-state index in [1.165, 1.54) is 35.0 Å². The molecular formula is C31H25FN2S. The van der Waals surface area contributed by atoms with E-state index in [0.29, 0.717) is 16.3 Å². The monoisotopic (exact) mass is 476 g/mol. The summed E-state index contributed by atoms with van der Waals surface area (Å²) in [5.41, 5.74) is 7.65. The number of thioether (sulfide) groups is 1. The molecule has 0 aliphatic carbocycles. The number of hydrogen-bond acceptors (Lipinski definition) is 3. The van der Waals surface area contributed by atoms with Crippen LogP contribution < -0.4 is 0 Å². The Morgan fingerprint density at radius 2 is 1.37 bits per heavy atom. The highest BCUT2D eigenvalue weighted by Gasteiger charge is 2.12. The Hall–Kier alpha value is -3.94. The molecule has 4 heteroatoms. The minimum atomic E-state index is -0.263. The van der Waals surface area contributed by atoms with Gasteiger partial charge >= 0.3 is 0 Å². The summed E-state index contributed by atoms with van der Waals surface area (Å²) >= 11 is 1.48. The second kappa shape index (κ2) is 11.5. The first kappa shape index (κ1) is 24.2. The third-order valence-electron chi connectivity index (χ3n) is 5.49. The largest absolute Gasteiger partial charge is 0.241 e. The van der Waals surface area contributed by atoms with Crippen molar-refractivity contribution in [3.05, 3.63) is 129 Å². The van der Waals surface area contributed by atoms with Crippen LogP contribution in [0.5, 0.6) is 0 Å². The molecule has 0 spiro atoms. The van der Waals surface area contributed by atoms with Crippen molar-refractivity contribution in [2.45, 2.75) is 24.6 Å². The van der Waals surface area contributed by atoms with Crippen LogP contribution in [0.2, 0.25) is 0 Å². The predicted octanol–water partition coefficient (Wildman–Crippen LogP) is 8.34. The lowest BCUT2D eigenvalue weighted by atomic mass is 10.1. The van der Waals surface area contributed by atoms with Gasteiger partial charge in [0.15, 0.2) is 0 Å². The van der Waals surface area contributed by atoms with Crippen molar-refractivity contribution in [3.63, 3.8) is 0 Å². The number of nitrogens with zero attached hydrogens (tertiary/aromatic N) is 2. The van der Waals surface area contributed by atoms with Gasteiger partial charge in [0.25, 0.3) is 0 Å². The Bertz CT molecular complexity index is 1400. The van der Waals surface area contributed by atoms with Gasteiger partial charge in [-0.25, -0.2) is 9.37 Å². The minimum Gasteiger partial charge on any atom is -0.241 e. The van der Waals surface area contributed by atoms with E-state index in [0.717, 1.165) is 27.9 Å². The quantitative estimate of drug-likeness (QED) is 0.252. The summed E-state index contributed by atoms with van der Waals surface area (Å²) in [6.07, 6.45) is 7.97. The standard InChI is InChI=1S/C31H25FN2S/c1-22-3-7-24(8-4-22)11-15-27-19-29(18-14-25-9-5-23(2)6-10-25)34-31(30(27)20-33)35-21-26-12-16-28(32)17-13-26/h3-19H,21H2,1-2H3/b15-11+,18-14+. The lowest BCUT2D eigenvalue weighted by Crippen LogP contribution is -1.95. The highest BCUT2D eigenvalue weighted by Crippen LogP contribution is 2.29. The van der Waals surface area contributed by atoms with Gasteiger partial charge in [-0.15, -0.1) is 11.8 Å². The van der Waals surface area contributed by atoms with Gasteiger partial charge in [0.1, 0.15) is 16.9 Å². The van der Waals surface area contributed by atoms with E-state index in [9.17, 15) is 9.65 Å². The van der Waals surface area contributed by atoms with Crippen molar-refractivity contribution in [2.24, 2.45) is 0 Å². The smallest absolute Gasteiger partial charge is 0.123 e. The van der Waals surface area contributed by atoms with Crippen molar-refractivity contribution in [1.29, 1.82) is 5.26 Å². The molecule has 3 aromatic carbocycles. The van der Waals surface area contributed by atoms with Crippen LogP contribution in [-0.4, -0.2) is 4.98 Å². The molecule has 2 nitrogen and oxygen atoms in total. The molecule has 0 aliphatic heterocycles. The van der Waals surface area contributed by atoms with E-state index in [1.807, 2.05) is 30.4 Å². The van der Waals surface area contributed by atoms with E-state index in [-0.39, 0.29) is 5.82 Å². The van der Waals surface area contributed by atoms with Gasteiger partial charge in [0.2, 0.25) is 0 Å². The molecule has 1 aromatic heterocycles. The molecule has 0 atom stereocenters. The number of aromatic nitrogens is 1. The van der Waals surface area contributed by atoms with Crippen molar-refractivity contribution in [1.82, 2.24) is 4.98 Å². The second-order valence-electron chi connectivity index (χ2n) is 8.33. The van der Waals surface area contributed by atoms with Crippen molar-refractivity contribution in [3.8, 4) is 6.07 Å². The van der Waals surface area contributed by atoms with Gasteiger partial charge in [0, 0.05) is 5.75 Å². The van der Waals surface area contributed by atoms with Crippen LogP contribution in [0.15, 0.2) is 83.9 Å². The van der Waals surface area contributed by atoms with Crippen LogP contribution in [0.1, 0.15) is 44.6 Å². The summed E-state index contributed by atoms with van der Waals surface area (Å²) in [4.78, 5) is 4.78. The molecule has 0 aliphatic rings. The minimum absolute atomic E-state index is 0.263. The second-order valence-corrected chi connectivity index (χ2v) is 9.30. The fourth-order valence-electron chi connectivity index (χ4n) is 3.45. The van der Waals surface area contributed by atoms with E-state index in [1.54, 1.807) is 12.1 Å². The van der Waals surface area contributed by atoms with Crippen LogP contribution in [0, 0.1) is 31.0 Å². The Balaban J connectivity index is 1.69. The van der Waals surface area contributed by atoms with Gasteiger partial charge in [-0.3, -0.25) is 0 Å². The summed E-state index contributed by atoms with van der Waals surface area (Å²) in [7, 11) is 0. The molecule has 0 saturated heterocycles. The average Bonchev–Trinajstić information content (AvgIpc) is 2.87. The topological polar surface area (TPSA) is 36.7 Å². The number of nitriles is 1. The maximum absolute atomic E-state index is 13.3. The van der Waals surface area contributed by atoms with Crippen LogP contribution in [0.25, 0.3) is 24.3 Å². The van der Waals surface area contributed by atoms with Crippen LogP contribution in [-0.2, 0) is 5.75 Å². The van der Waals surface area contributed by atoms with Gasteiger partial charge in [-0.05, 0) is 60.4 Å². The zero-order valence-corrected chi connectivity index (χ0v) is 20.5. The zero-order valence-electron chi connectivity index (χ0n) is 19.7. The van der Waals surface area contributed by atoms with Crippen molar-refractivity contribution in [2.75, 3.05) is 0 Å². The molecule has 4 rings (SSSR count). The Labute approximate surface area is 210 Å². The zero-order chi connectivity index (χ0) is 24.6. The molecule has 0 bridgehead atoms. The average molecular weight is 477 g/mol. The summed E-state index contributed by atoms with van der Waals surface area (Å²) in [6, 6.07) is 27.2. The number of benzene rings is 3. The first-order valence-electron chi connectivity index (χ1n) is 11.3. The summed E-state index contributed by atoms with van der Waals surface area (Å²) < 4.78 is 13.3. The summed E-state index contributed by atoms with van der Waals surface area (Å²) in [5.74, 6) is 0.329. The maximum atomic E-state index is 13.3. The molecular weight excluding hydrogens is 451 g/mol. The molecule has 35 heavy (non-hydrogen) atoms. The molecule has 0 saturated carbocycles. The highest BCUT2D eigenvalue weighted by atomic mass is 32.2. The normalized spacial score (nSPS) is 11.3. The number of aryl methyl sites for hydroxylation is 2. The molecule has 4 aromatic rings. The molecule has 0 amide bonds. The fourth-order valence-corrected chi connectivity index (χ4v) is 4.42. The Morgan fingerprint density at radius 3 is 1.94 bits per heavy atom. The summed E-state index contributed by atoms with van der Waals surface area (Å²) in [6.45, 7) is 4.12. The highest BCUT2D eigenvalue weighted by molar-refractivity contribution is 7.98. The molecule has 0 fully saturated rings. The predicted molar refractivity (Wildman–Crippen MR) is 145 cm³/mol. The molecule has 0 radical (unpaired) electrons. The number of halogens is 1. The molecule has 0 unspecified atom stereocenters. The third kappa shape index (κ3) is 6.79. The van der Waals surface area contributed by atoms with Gasteiger partial charge < -0.3 is 0 Å². The van der Waals surface area contributed by atoms with Gasteiger partial charge in [-0.1, -0.05) is 90.0 Å². The summed E-state index contributed by atoms with van der Waals surface area (Å²) in [5, 5.41) is 10.6. The third-order valence-corrected chi connectivity index (χ3v) is 6.54. The number of rotatable bonds is 7. The van der Waals surface area contributed by atoms with E-state index in [2.05, 4.69) is 68.4 Å². The van der Waals surface area contributed by atoms with Crippen molar-refractivity contribution >= 4 is 36.1 Å². The fraction of sp³-hybridized carbons (Fsp3) is 0.0968. The Morgan fingerprint density at radius 1 is 0.800 bits per heavy atom. The lowest BCUT2D eigenvalue weighted by Gasteiger charge is -2.09. The molecule has 0 N–H and O–H groups in total. The maximum Gasteiger partial charge on any atom is 0.123 e. The van der Waals surface area contributed by atoms with E-state index in [4.69, 9.17) is 4.98 Å². The van der Waals surface area contributed by atoms with Crippen LogP contribution >= 0.6 is 11.8 Å². The van der Waals surface area contributed by atoms with Gasteiger partial charge in [-0.2, -0.15) is 5.26 Å². The lowest BCUT2D eigenvalue weighted by molar-refractivity contribution is 0.627. The SMILES string of the molecule is Cc1ccc(/C=C/c2cc(/C=C/c3ccc(C)cc3)c(C#N)c(SCc3ccc(F)cc3)n2)cc1. The number of hydrogen-bond donors (Lipinski definition) is 0. The van der Waals surface area contributed by atoms with Crippen molar-refractivity contribution < 1.29 is 4.39 Å². The first-order chi connectivity index (χ1) is 17.0. The van der Waals surface area contributed by atoms with Crippen LogP contribution in [0.4, 0.5) is 4.39 Å². The van der Waals surface area contributed by atoms with Crippen LogP contribution in [0.3, 0.4) is 0 Å². The van der Waals surface area contributed by atoms with Gasteiger partial charge in [0.05, 0.1) is 11.3 Å². The Kier molecular flexibility index (Phi) is 7.92. The molecule has 172 valence electrons. The van der Waals surface area contributed by atoms with E-state index < -0.39 is 0 Å². The first-order valence-corrected chi connectivity index (χ1v) is 12.3. The number of pyridine rings is 1. The van der Waals surface area contributed by atoms with E-state index >= 15 is 0 Å².